The molecule has 1 saturated heterocycles. The molecule has 1 aromatic carbocycles. The smallest absolute Gasteiger partial charge is 0.252 e. The molecule has 1 heterocycles. The molecule has 3 nitrogen and oxygen atoms in total. The van der Waals surface area contributed by atoms with Gasteiger partial charge in [-0.1, -0.05) is 36.5 Å². The molecule has 1 fully saturated rings. The van der Waals surface area contributed by atoms with Crippen LogP contribution in [0.1, 0.15) is 49.4 Å². The van der Waals surface area contributed by atoms with Crippen LogP contribution in [0, 0.1) is 0 Å². The van der Waals surface area contributed by atoms with Gasteiger partial charge in [0.2, 0.25) is 0 Å². The van der Waals surface area contributed by atoms with Crippen LogP contribution in [0.15, 0.2) is 18.2 Å². The SMILES string of the molecule is CC[C@H]1CCCCN1CCCNC(=O)c1ccc(Cl)cc1Cl. The van der Waals surface area contributed by atoms with Crippen LogP contribution < -0.4 is 5.32 Å². The summed E-state index contributed by atoms with van der Waals surface area (Å²) in [5.41, 5.74) is 0.482. The first-order chi connectivity index (χ1) is 10.6. The number of nitrogens with zero attached hydrogens (tertiary/aromatic N) is 1. The Hall–Kier alpha value is -0.770. The first-order valence-corrected chi connectivity index (χ1v) is 8.84. The maximum Gasteiger partial charge on any atom is 0.252 e. The van der Waals surface area contributed by atoms with E-state index in [9.17, 15) is 4.79 Å². The van der Waals surface area contributed by atoms with Crippen LogP contribution in [-0.4, -0.2) is 36.5 Å². The number of benzene rings is 1. The van der Waals surface area contributed by atoms with Crippen molar-refractivity contribution in [2.24, 2.45) is 0 Å². The second-order valence-corrected chi connectivity index (χ2v) is 6.67. The molecule has 1 aliphatic heterocycles. The number of likely N-dealkylation sites (tertiary alicyclic amines) is 1. The molecule has 1 atom stereocenters. The van der Waals surface area contributed by atoms with E-state index in [1.807, 2.05) is 0 Å². The molecule has 1 aliphatic rings. The number of halogens is 2. The van der Waals surface area contributed by atoms with Crippen molar-refractivity contribution in [1.29, 1.82) is 0 Å². The van der Waals surface area contributed by atoms with E-state index in [1.54, 1.807) is 18.2 Å². The quantitative estimate of drug-likeness (QED) is 0.778. The fraction of sp³-hybridized carbons (Fsp3) is 0.588. The zero-order chi connectivity index (χ0) is 15.9. The summed E-state index contributed by atoms with van der Waals surface area (Å²) in [5.74, 6) is -0.132. The lowest BCUT2D eigenvalue weighted by atomic mass is 10.00. The Kier molecular flexibility index (Phi) is 7.00. The summed E-state index contributed by atoms with van der Waals surface area (Å²) in [7, 11) is 0. The Bertz CT molecular complexity index is 507. The lowest BCUT2D eigenvalue weighted by molar-refractivity contribution is 0.0947. The third kappa shape index (κ3) is 4.87. The lowest BCUT2D eigenvalue weighted by Crippen LogP contribution is -2.40. The predicted octanol–water partition coefficient (Wildman–Crippen LogP) is 4.38. The van der Waals surface area contributed by atoms with Gasteiger partial charge in [-0.2, -0.15) is 0 Å². The summed E-state index contributed by atoms with van der Waals surface area (Å²) in [4.78, 5) is 14.7. The molecule has 0 saturated carbocycles. The van der Waals surface area contributed by atoms with E-state index in [1.165, 1.54) is 32.2 Å². The van der Waals surface area contributed by atoms with Crippen LogP contribution >= 0.6 is 23.2 Å². The summed E-state index contributed by atoms with van der Waals surface area (Å²) in [6.45, 7) is 5.17. The molecule has 5 heteroatoms. The fourth-order valence-electron chi connectivity index (χ4n) is 3.07. The van der Waals surface area contributed by atoms with Crippen LogP contribution in [-0.2, 0) is 0 Å². The van der Waals surface area contributed by atoms with E-state index in [2.05, 4.69) is 17.1 Å². The van der Waals surface area contributed by atoms with E-state index >= 15 is 0 Å². The first kappa shape index (κ1) is 17.6. The standard InChI is InChI=1S/C17H24Cl2N2O/c1-2-14-6-3-4-10-21(14)11-5-9-20-17(22)15-8-7-13(18)12-16(15)19/h7-8,12,14H,2-6,9-11H2,1H3,(H,20,22)/t14-/m0/s1. The predicted molar refractivity (Wildman–Crippen MR) is 92.9 cm³/mol. The number of hydrogen-bond donors (Lipinski definition) is 1. The minimum Gasteiger partial charge on any atom is -0.352 e. The van der Waals surface area contributed by atoms with Gasteiger partial charge in [0.05, 0.1) is 10.6 Å². The summed E-state index contributed by atoms with van der Waals surface area (Å²) in [5, 5.41) is 3.87. The average molecular weight is 343 g/mol. The second-order valence-electron chi connectivity index (χ2n) is 5.83. The van der Waals surface area contributed by atoms with Gasteiger partial charge in [-0.05, 0) is 50.4 Å². The van der Waals surface area contributed by atoms with E-state index < -0.39 is 0 Å². The van der Waals surface area contributed by atoms with E-state index in [-0.39, 0.29) is 5.91 Å². The van der Waals surface area contributed by atoms with Crippen molar-refractivity contribution in [2.45, 2.75) is 45.1 Å². The van der Waals surface area contributed by atoms with Gasteiger partial charge in [-0.3, -0.25) is 4.79 Å². The zero-order valence-electron chi connectivity index (χ0n) is 13.1. The molecule has 2 rings (SSSR count). The number of piperidine rings is 1. The molecule has 0 aliphatic carbocycles. The van der Waals surface area contributed by atoms with Gasteiger partial charge in [0.15, 0.2) is 0 Å². The number of carbonyl (C=O) groups is 1. The number of amides is 1. The Balaban J connectivity index is 1.75. The monoisotopic (exact) mass is 342 g/mol. The van der Waals surface area contributed by atoms with Crippen molar-refractivity contribution >= 4 is 29.1 Å². The van der Waals surface area contributed by atoms with Crippen molar-refractivity contribution in [2.75, 3.05) is 19.6 Å². The van der Waals surface area contributed by atoms with Crippen LogP contribution in [0.4, 0.5) is 0 Å². The van der Waals surface area contributed by atoms with Gasteiger partial charge in [0.1, 0.15) is 0 Å². The maximum absolute atomic E-state index is 12.1. The molecule has 122 valence electrons. The third-order valence-corrected chi connectivity index (χ3v) is 4.85. The third-order valence-electron chi connectivity index (χ3n) is 4.30. The normalized spacial score (nSPS) is 19.1. The van der Waals surface area contributed by atoms with Crippen molar-refractivity contribution < 1.29 is 4.79 Å². The molecule has 1 aromatic rings. The van der Waals surface area contributed by atoms with Gasteiger partial charge < -0.3 is 10.2 Å². The van der Waals surface area contributed by atoms with Gasteiger partial charge in [0, 0.05) is 24.2 Å². The number of carbonyl (C=O) groups excluding carboxylic acids is 1. The highest BCUT2D eigenvalue weighted by Gasteiger charge is 2.20. The molecule has 0 spiro atoms. The highest BCUT2D eigenvalue weighted by molar-refractivity contribution is 6.36. The van der Waals surface area contributed by atoms with Crippen molar-refractivity contribution in [3.8, 4) is 0 Å². The van der Waals surface area contributed by atoms with Crippen molar-refractivity contribution in [1.82, 2.24) is 10.2 Å². The Morgan fingerprint density at radius 1 is 1.36 bits per heavy atom. The summed E-state index contributed by atoms with van der Waals surface area (Å²) in [6.07, 6.45) is 6.13. The van der Waals surface area contributed by atoms with Crippen molar-refractivity contribution in [3.05, 3.63) is 33.8 Å². The van der Waals surface area contributed by atoms with E-state index in [0.29, 0.717) is 22.2 Å². The van der Waals surface area contributed by atoms with Gasteiger partial charge in [-0.25, -0.2) is 0 Å². The molecule has 22 heavy (non-hydrogen) atoms. The molecule has 0 aromatic heterocycles. The highest BCUT2D eigenvalue weighted by Crippen LogP contribution is 2.21. The fourth-order valence-corrected chi connectivity index (χ4v) is 3.56. The number of hydrogen-bond acceptors (Lipinski definition) is 2. The maximum atomic E-state index is 12.1. The molecule has 0 unspecified atom stereocenters. The lowest BCUT2D eigenvalue weighted by Gasteiger charge is -2.35. The number of rotatable bonds is 6. The summed E-state index contributed by atoms with van der Waals surface area (Å²) < 4.78 is 0. The van der Waals surface area contributed by atoms with Gasteiger partial charge in [0.25, 0.3) is 5.91 Å². The summed E-state index contributed by atoms with van der Waals surface area (Å²) >= 11 is 11.9. The minimum atomic E-state index is -0.132. The molecular formula is C17H24Cl2N2O. The van der Waals surface area contributed by atoms with Crippen LogP contribution in [0.3, 0.4) is 0 Å². The molecule has 0 radical (unpaired) electrons. The molecular weight excluding hydrogens is 319 g/mol. The topological polar surface area (TPSA) is 32.3 Å². The van der Waals surface area contributed by atoms with E-state index in [0.717, 1.165) is 19.0 Å². The Labute approximate surface area is 143 Å². The van der Waals surface area contributed by atoms with Crippen LogP contribution in [0.5, 0.6) is 0 Å². The molecule has 0 bridgehead atoms. The highest BCUT2D eigenvalue weighted by atomic mass is 35.5. The zero-order valence-corrected chi connectivity index (χ0v) is 14.6. The largest absolute Gasteiger partial charge is 0.352 e. The minimum absolute atomic E-state index is 0.132. The van der Waals surface area contributed by atoms with Gasteiger partial charge in [-0.15, -0.1) is 0 Å². The summed E-state index contributed by atoms with van der Waals surface area (Å²) in [6, 6.07) is 5.66. The average Bonchev–Trinajstić information content (AvgIpc) is 2.51. The Morgan fingerprint density at radius 2 is 2.18 bits per heavy atom. The molecule has 1 N–H and O–H groups in total. The second kappa shape index (κ2) is 8.76. The van der Waals surface area contributed by atoms with E-state index in [4.69, 9.17) is 23.2 Å². The molecule has 1 amide bonds. The Morgan fingerprint density at radius 3 is 2.91 bits per heavy atom. The van der Waals surface area contributed by atoms with Crippen molar-refractivity contribution in [3.63, 3.8) is 0 Å². The first-order valence-electron chi connectivity index (χ1n) is 8.09. The van der Waals surface area contributed by atoms with Crippen LogP contribution in [0.2, 0.25) is 10.0 Å². The number of nitrogens with one attached hydrogen (secondary N) is 1. The van der Waals surface area contributed by atoms with Gasteiger partial charge >= 0.3 is 0 Å². The van der Waals surface area contributed by atoms with Crippen LogP contribution in [0.25, 0.3) is 0 Å².